The summed E-state index contributed by atoms with van der Waals surface area (Å²) in [4.78, 5) is 13.6. The number of thioether (sulfide) groups is 1. The zero-order valence-electron chi connectivity index (χ0n) is 14.0. The number of hydrogen-bond donors (Lipinski definition) is 1. The molecule has 0 aliphatic carbocycles. The minimum atomic E-state index is -0.147. The summed E-state index contributed by atoms with van der Waals surface area (Å²) in [5.74, 6) is 2.07. The van der Waals surface area contributed by atoms with Crippen LogP contribution in [0.1, 0.15) is 15.9 Å². The number of benzene rings is 3. The molecule has 4 nitrogen and oxygen atoms in total. The van der Waals surface area contributed by atoms with Crippen molar-refractivity contribution in [2.75, 3.05) is 12.1 Å². The van der Waals surface area contributed by atoms with Crippen LogP contribution in [0.2, 0.25) is 0 Å². The molecule has 4 rings (SSSR count). The number of hydrogen-bond acceptors (Lipinski definition) is 4. The van der Waals surface area contributed by atoms with Crippen LogP contribution in [0, 0.1) is 0 Å². The van der Waals surface area contributed by atoms with Crippen LogP contribution in [0.4, 0.5) is 5.69 Å². The van der Waals surface area contributed by atoms with Crippen molar-refractivity contribution in [3.8, 4) is 11.5 Å². The molecule has 3 aromatic carbocycles. The molecule has 1 aliphatic rings. The van der Waals surface area contributed by atoms with Crippen LogP contribution in [0.5, 0.6) is 11.5 Å². The van der Waals surface area contributed by atoms with E-state index in [0.717, 1.165) is 5.75 Å². The van der Waals surface area contributed by atoms with Crippen LogP contribution in [0.3, 0.4) is 0 Å². The first kappa shape index (κ1) is 16.5. The van der Waals surface area contributed by atoms with Gasteiger partial charge in [-0.3, -0.25) is 4.79 Å². The standard InChI is InChI=1S/C21H17NO3S/c23-21(22-17-10-11-19-20(12-17)25-14-24-19)16-8-6-15(7-9-16)13-26-18-4-2-1-3-5-18/h1-12H,13-14H2,(H,22,23). The van der Waals surface area contributed by atoms with E-state index in [-0.39, 0.29) is 12.7 Å². The van der Waals surface area contributed by atoms with E-state index < -0.39 is 0 Å². The first-order valence-corrected chi connectivity index (χ1v) is 9.24. The number of ether oxygens (including phenoxy) is 2. The van der Waals surface area contributed by atoms with Crippen molar-refractivity contribution in [2.45, 2.75) is 10.6 Å². The zero-order valence-corrected chi connectivity index (χ0v) is 14.8. The average molecular weight is 363 g/mol. The number of nitrogens with one attached hydrogen (secondary N) is 1. The summed E-state index contributed by atoms with van der Waals surface area (Å²) in [5.41, 5.74) is 2.48. The first-order valence-electron chi connectivity index (χ1n) is 8.26. The molecule has 5 heteroatoms. The van der Waals surface area contributed by atoms with E-state index in [1.165, 1.54) is 10.5 Å². The number of fused-ring (bicyclic) bond motifs is 1. The zero-order chi connectivity index (χ0) is 17.8. The van der Waals surface area contributed by atoms with Crippen LogP contribution in [0.25, 0.3) is 0 Å². The fourth-order valence-electron chi connectivity index (χ4n) is 2.61. The Morgan fingerprint density at radius 1 is 0.923 bits per heavy atom. The summed E-state index contributed by atoms with van der Waals surface area (Å²) in [5, 5.41) is 2.89. The second kappa shape index (κ2) is 7.54. The highest BCUT2D eigenvalue weighted by molar-refractivity contribution is 7.98. The number of rotatable bonds is 5. The van der Waals surface area contributed by atoms with Crippen molar-refractivity contribution < 1.29 is 14.3 Å². The summed E-state index contributed by atoms with van der Waals surface area (Å²) in [6, 6.07) is 23.3. The molecule has 1 amide bonds. The van der Waals surface area contributed by atoms with Crippen LogP contribution in [0.15, 0.2) is 77.7 Å². The highest BCUT2D eigenvalue weighted by Gasteiger charge is 2.14. The van der Waals surface area contributed by atoms with Gasteiger partial charge >= 0.3 is 0 Å². The maximum absolute atomic E-state index is 12.4. The lowest BCUT2D eigenvalue weighted by Gasteiger charge is -2.07. The van der Waals surface area contributed by atoms with Gasteiger partial charge in [0.25, 0.3) is 5.91 Å². The van der Waals surface area contributed by atoms with Gasteiger partial charge in [-0.1, -0.05) is 30.3 Å². The van der Waals surface area contributed by atoms with E-state index in [9.17, 15) is 4.79 Å². The Labute approximate surface area is 156 Å². The maximum Gasteiger partial charge on any atom is 0.255 e. The minimum Gasteiger partial charge on any atom is -0.454 e. The van der Waals surface area contributed by atoms with E-state index in [1.807, 2.05) is 42.5 Å². The molecule has 0 bridgehead atoms. The Hall–Kier alpha value is -2.92. The van der Waals surface area contributed by atoms with Gasteiger partial charge in [-0.15, -0.1) is 11.8 Å². The Morgan fingerprint density at radius 2 is 1.69 bits per heavy atom. The largest absolute Gasteiger partial charge is 0.454 e. The van der Waals surface area contributed by atoms with Gasteiger partial charge in [0, 0.05) is 28.0 Å². The third kappa shape index (κ3) is 3.83. The summed E-state index contributed by atoms with van der Waals surface area (Å²) in [6.45, 7) is 0.217. The first-order chi connectivity index (χ1) is 12.8. The Morgan fingerprint density at radius 3 is 2.50 bits per heavy atom. The molecular weight excluding hydrogens is 346 g/mol. The van der Waals surface area contributed by atoms with E-state index >= 15 is 0 Å². The van der Waals surface area contributed by atoms with Gasteiger partial charge in [0.15, 0.2) is 11.5 Å². The molecule has 0 fully saturated rings. The van der Waals surface area contributed by atoms with E-state index in [2.05, 4.69) is 17.4 Å². The van der Waals surface area contributed by atoms with E-state index in [0.29, 0.717) is 22.7 Å². The van der Waals surface area contributed by atoms with Gasteiger partial charge in [0.05, 0.1) is 0 Å². The summed E-state index contributed by atoms with van der Waals surface area (Å²) in [7, 11) is 0. The minimum absolute atomic E-state index is 0.147. The lowest BCUT2D eigenvalue weighted by atomic mass is 10.1. The van der Waals surface area contributed by atoms with E-state index in [1.54, 1.807) is 30.0 Å². The molecule has 130 valence electrons. The maximum atomic E-state index is 12.4. The van der Waals surface area contributed by atoms with Gasteiger partial charge in [-0.05, 0) is 42.0 Å². The topological polar surface area (TPSA) is 47.6 Å². The third-order valence-corrected chi connectivity index (χ3v) is 5.08. The van der Waals surface area contributed by atoms with Crippen LogP contribution in [-0.2, 0) is 5.75 Å². The molecule has 3 aromatic rings. The van der Waals surface area contributed by atoms with Gasteiger partial charge in [0.2, 0.25) is 6.79 Å². The quantitative estimate of drug-likeness (QED) is 0.651. The Bertz CT molecular complexity index is 910. The van der Waals surface area contributed by atoms with Gasteiger partial charge in [-0.25, -0.2) is 0 Å². The lowest BCUT2D eigenvalue weighted by molar-refractivity contribution is 0.102. The second-order valence-electron chi connectivity index (χ2n) is 5.82. The normalized spacial score (nSPS) is 12.0. The SMILES string of the molecule is O=C(Nc1ccc2c(c1)OCO2)c1ccc(CSc2ccccc2)cc1. The van der Waals surface area contributed by atoms with Gasteiger partial charge < -0.3 is 14.8 Å². The number of carbonyl (C=O) groups is 1. The lowest BCUT2D eigenvalue weighted by Crippen LogP contribution is -2.11. The van der Waals surface area contributed by atoms with Crippen molar-refractivity contribution >= 4 is 23.4 Å². The fourth-order valence-corrected chi connectivity index (χ4v) is 3.49. The molecular formula is C21H17NO3S. The molecule has 0 unspecified atom stereocenters. The monoisotopic (exact) mass is 363 g/mol. The van der Waals surface area contributed by atoms with Gasteiger partial charge in [-0.2, -0.15) is 0 Å². The molecule has 0 spiro atoms. The predicted molar refractivity (Wildman–Crippen MR) is 103 cm³/mol. The highest BCUT2D eigenvalue weighted by Crippen LogP contribution is 2.34. The van der Waals surface area contributed by atoms with Crippen molar-refractivity contribution in [3.63, 3.8) is 0 Å². The van der Waals surface area contributed by atoms with Gasteiger partial charge in [0.1, 0.15) is 0 Å². The van der Waals surface area contributed by atoms with Crippen LogP contribution >= 0.6 is 11.8 Å². The Kier molecular flexibility index (Phi) is 4.80. The summed E-state index contributed by atoms with van der Waals surface area (Å²) in [6.07, 6.45) is 0. The number of amides is 1. The molecule has 0 saturated heterocycles. The summed E-state index contributed by atoms with van der Waals surface area (Å²) >= 11 is 1.78. The molecule has 1 aliphatic heterocycles. The molecule has 0 aromatic heterocycles. The van der Waals surface area contributed by atoms with Crippen molar-refractivity contribution in [1.29, 1.82) is 0 Å². The van der Waals surface area contributed by atoms with Crippen molar-refractivity contribution in [2.24, 2.45) is 0 Å². The molecule has 0 atom stereocenters. The average Bonchev–Trinajstić information content (AvgIpc) is 3.15. The van der Waals surface area contributed by atoms with Crippen molar-refractivity contribution in [1.82, 2.24) is 0 Å². The number of anilines is 1. The van der Waals surface area contributed by atoms with Crippen molar-refractivity contribution in [3.05, 3.63) is 83.9 Å². The van der Waals surface area contributed by atoms with E-state index in [4.69, 9.17) is 9.47 Å². The second-order valence-corrected chi connectivity index (χ2v) is 6.87. The summed E-state index contributed by atoms with van der Waals surface area (Å²) < 4.78 is 10.6. The molecule has 26 heavy (non-hydrogen) atoms. The third-order valence-electron chi connectivity index (χ3n) is 4.00. The molecule has 0 saturated carbocycles. The Balaban J connectivity index is 1.37. The fraction of sp³-hybridized carbons (Fsp3) is 0.0952. The number of carbonyl (C=O) groups excluding carboxylic acids is 1. The predicted octanol–water partition coefficient (Wildman–Crippen LogP) is 4.96. The molecule has 1 N–H and O–H groups in total. The van der Waals surface area contributed by atoms with Crippen LogP contribution < -0.4 is 14.8 Å². The smallest absolute Gasteiger partial charge is 0.255 e. The highest BCUT2D eigenvalue weighted by atomic mass is 32.2. The molecule has 0 radical (unpaired) electrons. The van der Waals surface area contributed by atoms with Crippen LogP contribution in [-0.4, -0.2) is 12.7 Å². The molecule has 1 heterocycles.